The van der Waals surface area contributed by atoms with Crippen LogP contribution in [0.5, 0.6) is 0 Å². The van der Waals surface area contributed by atoms with Crippen LogP contribution in [0, 0.1) is 5.92 Å². The number of carbonyl (C=O) groups is 1. The molecule has 2 aliphatic rings. The zero-order valence-electron chi connectivity index (χ0n) is 11.8. The zero-order chi connectivity index (χ0) is 12.8. The Kier molecular flexibility index (Phi) is 5.48. The summed E-state index contributed by atoms with van der Waals surface area (Å²) in [6, 6.07) is 0.449. The molecule has 3 nitrogen and oxygen atoms in total. The first-order valence-electron chi connectivity index (χ1n) is 7.74. The Bertz CT molecular complexity index is 259. The normalized spacial score (nSPS) is 28.4. The molecule has 0 unspecified atom stereocenters. The molecule has 0 aromatic rings. The number of rotatable bonds is 2. The highest BCUT2D eigenvalue weighted by atomic mass is 16.2. The van der Waals surface area contributed by atoms with Gasteiger partial charge >= 0.3 is 0 Å². The molecular weight excluding hydrogens is 224 g/mol. The van der Waals surface area contributed by atoms with Gasteiger partial charge in [-0.1, -0.05) is 32.1 Å². The van der Waals surface area contributed by atoms with Crippen LogP contribution in [0.2, 0.25) is 0 Å². The summed E-state index contributed by atoms with van der Waals surface area (Å²) < 4.78 is 0. The maximum atomic E-state index is 12.3. The lowest BCUT2D eigenvalue weighted by Crippen LogP contribution is -2.45. The molecule has 2 fully saturated rings. The van der Waals surface area contributed by atoms with Crippen molar-refractivity contribution in [2.75, 3.05) is 20.1 Å². The van der Waals surface area contributed by atoms with E-state index in [2.05, 4.69) is 17.3 Å². The first-order valence-corrected chi connectivity index (χ1v) is 7.74. The number of likely N-dealkylation sites (tertiary alicyclic amines) is 1. The Morgan fingerprint density at radius 1 is 1.00 bits per heavy atom. The predicted molar refractivity (Wildman–Crippen MR) is 74.5 cm³/mol. The van der Waals surface area contributed by atoms with Crippen molar-refractivity contribution in [2.24, 2.45) is 5.92 Å². The van der Waals surface area contributed by atoms with Gasteiger partial charge in [0.1, 0.15) is 0 Å². The van der Waals surface area contributed by atoms with E-state index in [9.17, 15) is 4.79 Å². The van der Waals surface area contributed by atoms with Gasteiger partial charge in [0.25, 0.3) is 0 Å². The summed E-state index contributed by atoms with van der Waals surface area (Å²) in [5.41, 5.74) is 0. The summed E-state index contributed by atoms with van der Waals surface area (Å²) in [5.74, 6) is 0.543. The van der Waals surface area contributed by atoms with Gasteiger partial charge < -0.3 is 10.2 Å². The molecular formula is C15H28N2O. The van der Waals surface area contributed by atoms with Crippen LogP contribution >= 0.6 is 0 Å². The van der Waals surface area contributed by atoms with Crippen molar-refractivity contribution >= 4 is 5.91 Å². The maximum absolute atomic E-state index is 12.3. The average Bonchev–Trinajstić information content (AvgIpc) is 2.32. The van der Waals surface area contributed by atoms with E-state index in [0.717, 1.165) is 19.5 Å². The summed E-state index contributed by atoms with van der Waals surface area (Å²) in [6.07, 6.45) is 11.3. The number of nitrogens with zero attached hydrogens (tertiary/aromatic N) is 1. The number of piperidine rings is 1. The summed E-state index contributed by atoms with van der Waals surface area (Å²) in [7, 11) is 2.12. The third kappa shape index (κ3) is 4.27. The minimum atomic E-state index is 0.231. The lowest BCUT2D eigenvalue weighted by molar-refractivity contribution is -0.127. The Hall–Kier alpha value is -0.570. The van der Waals surface area contributed by atoms with Crippen LogP contribution in [0.25, 0.3) is 0 Å². The number of nitrogens with one attached hydrogen (secondary N) is 1. The lowest BCUT2D eigenvalue weighted by atomic mass is 9.94. The minimum Gasteiger partial charge on any atom is -0.353 e. The Labute approximate surface area is 111 Å². The molecule has 1 atom stereocenters. The van der Waals surface area contributed by atoms with Gasteiger partial charge in [0.15, 0.2) is 0 Å². The molecule has 0 radical (unpaired) electrons. The van der Waals surface area contributed by atoms with Crippen LogP contribution in [-0.2, 0) is 4.79 Å². The molecule has 1 saturated heterocycles. The van der Waals surface area contributed by atoms with Crippen LogP contribution in [-0.4, -0.2) is 37.0 Å². The van der Waals surface area contributed by atoms with E-state index >= 15 is 0 Å². The van der Waals surface area contributed by atoms with Crippen LogP contribution in [0.4, 0.5) is 0 Å². The molecule has 2 rings (SSSR count). The van der Waals surface area contributed by atoms with E-state index in [0.29, 0.717) is 11.9 Å². The van der Waals surface area contributed by atoms with Crippen LogP contribution in [0.15, 0.2) is 0 Å². The van der Waals surface area contributed by atoms with E-state index in [1.165, 1.54) is 51.4 Å². The van der Waals surface area contributed by atoms with Crippen LogP contribution in [0.3, 0.4) is 0 Å². The molecule has 0 spiro atoms. The minimum absolute atomic E-state index is 0.231. The van der Waals surface area contributed by atoms with Crippen molar-refractivity contribution in [1.82, 2.24) is 10.2 Å². The Morgan fingerprint density at radius 2 is 1.67 bits per heavy atom. The van der Waals surface area contributed by atoms with E-state index in [1.807, 2.05) is 0 Å². The van der Waals surface area contributed by atoms with Gasteiger partial charge in [0.2, 0.25) is 5.91 Å². The van der Waals surface area contributed by atoms with Gasteiger partial charge in [0.05, 0.1) is 5.92 Å². The third-order valence-corrected chi connectivity index (χ3v) is 4.45. The molecule has 3 heteroatoms. The van der Waals surface area contributed by atoms with Gasteiger partial charge in [-0.2, -0.15) is 0 Å². The van der Waals surface area contributed by atoms with E-state index in [-0.39, 0.29) is 5.92 Å². The maximum Gasteiger partial charge on any atom is 0.224 e. The van der Waals surface area contributed by atoms with E-state index in [4.69, 9.17) is 0 Å². The summed E-state index contributed by atoms with van der Waals surface area (Å²) in [4.78, 5) is 14.6. The molecule has 0 aromatic heterocycles. The quantitative estimate of drug-likeness (QED) is 0.819. The first-order chi connectivity index (χ1) is 8.75. The molecule has 1 saturated carbocycles. The highest BCUT2D eigenvalue weighted by Gasteiger charge is 2.25. The summed E-state index contributed by atoms with van der Waals surface area (Å²) >= 11 is 0. The van der Waals surface area contributed by atoms with E-state index < -0.39 is 0 Å². The summed E-state index contributed by atoms with van der Waals surface area (Å²) in [5, 5.41) is 3.31. The number of hydrogen-bond donors (Lipinski definition) is 1. The molecule has 0 aromatic carbocycles. The van der Waals surface area contributed by atoms with Crippen molar-refractivity contribution in [3.8, 4) is 0 Å². The number of amides is 1. The van der Waals surface area contributed by atoms with E-state index in [1.54, 1.807) is 0 Å². The van der Waals surface area contributed by atoms with Crippen LogP contribution in [0.1, 0.15) is 57.8 Å². The highest BCUT2D eigenvalue weighted by molar-refractivity contribution is 5.79. The standard InChI is InChI=1S/C15H28N2O/c1-17-11-7-8-13(12-17)15(18)16-14-9-5-3-2-4-6-10-14/h13-14H,2-12H2,1H3,(H,16,18)/t13-/m1/s1. The fourth-order valence-corrected chi connectivity index (χ4v) is 3.30. The number of hydrogen-bond acceptors (Lipinski definition) is 2. The van der Waals surface area contributed by atoms with Crippen molar-refractivity contribution in [3.05, 3.63) is 0 Å². The Balaban J connectivity index is 1.77. The average molecular weight is 252 g/mol. The van der Waals surface area contributed by atoms with Gasteiger partial charge in [-0.15, -0.1) is 0 Å². The second kappa shape index (κ2) is 7.13. The lowest BCUT2D eigenvalue weighted by Gasteiger charge is -2.30. The monoisotopic (exact) mass is 252 g/mol. The fraction of sp³-hybridized carbons (Fsp3) is 0.933. The molecule has 18 heavy (non-hydrogen) atoms. The molecule has 104 valence electrons. The largest absolute Gasteiger partial charge is 0.353 e. The zero-order valence-corrected chi connectivity index (χ0v) is 11.8. The molecule has 0 bridgehead atoms. The second-order valence-corrected chi connectivity index (χ2v) is 6.15. The van der Waals surface area contributed by atoms with Gasteiger partial charge in [-0.25, -0.2) is 0 Å². The van der Waals surface area contributed by atoms with Crippen molar-refractivity contribution < 1.29 is 4.79 Å². The fourth-order valence-electron chi connectivity index (χ4n) is 3.30. The second-order valence-electron chi connectivity index (χ2n) is 6.15. The summed E-state index contributed by atoms with van der Waals surface area (Å²) in [6.45, 7) is 2.09. The SMILES string of the molecule is CN1CCC[C@@H](C(=O)NC2CCCCCCC2)C1. The highest BCUT2D eigenvalue weighted by Crippen LogP contribution is 2.19. The van der Waals surface area contributed by atoms with Gasteiger partial charge in [-0.05, 0) is 39.3 Å². The molecule has 1 N–H and O–H groups in total. The predicted octanol–water partition coefficient (Wildman–Crippen LogP) is 2.56. The van der Waals surface area contributed by atoms with Crippen molar-refractivity contribution in [2.45, 2.75) is 63.8 Å². The topological polar surface area (TPSA) is 32.3 Å². The van der Waals surface area contributed by atoms with Gasteiger partial charge in [0, 0.05) is 12.6 Å². The van der Waals surface area contributed by atoms with Gasteiger partial charge in [-0.3, -0.25) is 4.79 Å². The van der Waals surface area contributed by atoms with Crippen LogP contribution < -0.4 is 5.32 Å². The third-order valence-electron chi connectivity index (χ3n) is 4.45. The molecule has 1 amide bonds. The number of carbonyl (C=O) groups excluding carboxylic acids is 1. The first kappa shape index (κ1) is 13.9. The molecule has 1 aliphatic carbocycles. The van der Waals surface area contributed by atoms with Crippen molar-refractivity contribution in [3.63, 3.8) is 0 Å². The molecule has 1 heterocycles. The Morgan fingerprint density at radius 3 is 2.33 bits per heavy atom. The smallest absolute Gasteiger partial charge is 0.224 e. The molecule has 1 aliphatic heterocycles. The van der Waals surface area contributed by atoms with Crippen molar-refractivity contribution in [1.29, 1.82) is 0 Å².